The number of aliphatic hydroxyl groups excluding tert-OH is 1. The smallest absolute Gasteiger partial charge is 0.300 e. The molecule has 1 atom stereocenters. The molecule has 1 unspecified atom stereocenters. The number of hydrogen-bond donors (Lipinski definition) is 1. The molecule has 0 spiro atoms. The summed E-state index contributed by atoms with van der Waals surface area (Å²) in [5, 5.41) is 20.5. The molecule has 0 saturated carbocycles. The van der Waals surface area contributed by atoms with Gasteiger partial charge >= 0.3 is 0 Å². The first-order chi connectivity index (χ1) is 15.9. The lowest BCUT2D eigenvalue weighted by molar-refractivity contribution is -0.132. The standard InChI is InChI=1S/C25H16ClFN2O4/c1-33-20-11-8-15(26)12-18(20)23(30)21-22(17-4-2-3-5-19(17)27)29(25(32)24(21)31)16-9-6-14(13-28)7-10-16/h2-12,22,30H,1H3/b23-21+. The lowest BCUT2D eigenvalue weighted by Crippen LogP contribution is -2.29. The van der Waals surface area contributed by atoms with E-state index in [0.717, 1.165) is 4.90 Å². The average molecular weight is 463 g/mol. The molecule has 0 aliphatic carbocycles. The number of anilines is 1. The maximum atomic E-state index is 14.9. The van der Waals surface area contributed by atoms with E-state index in [2.05, 4.69) is 0 Å². The van der Waals surface area contributed by atoms with Gasteiger partial charge in [-0.25, -0.2) is 4.39 Å². The van der Waals surface area contributed by atoms with Crippen LogP contribution in [0.4, 0.5) is 10.1 Å². The van der Waals surface area contributed by atoms with E-state index in [9.17, 15) is 19.1 Å². The Hall–Kier alpha value is -4.15. The summed E-state index contributed by atoms with van der Waals surface area (Å²) in [4.78, 5) is 27.4. The monoisotopic (exact) mass is 462 g/mol. The van der Waals surface area contributed by atoms with Crippen LogP contribution in [0.25, 0.3) is 5.76 Å². The quantitative estimate of drug-likeness (QED) is 0.335. The van der Waals surface area contributed by atoms with Crippen molar-refractivity contribution in [3.63, 3.8) is 0 Å². The minimum Gasteiger partial charge on any atom is -0.507 e. The first-order valence-electron chi connectivity index (χ1n) is 9.77. The van der Waals surface area contributed by atoms with Gasteiger partial charge in [-0.2, -0.15) is 5.26 Å². The number of methoxy groups -OCH3 is 1. The number of carbonyl (C=O) groups is 2. The Bertz CT molecular complexity index is 1350. The molecule has 1 saturated heterocycles. The predicted octanol–water partition coefficient (Wildman–Crippen LogP) is 4.99. The van der Waals surface area contributed by atoms with Crippen molar-refractivity contribution in [1.82, 2.24) is 0 Å². The molecule has 3 aromatic carbocycles. The van der Waals surface area contributed by atoms with Gasteiger partial charge in [0, 0.05) is 16.3 Å². The third-order valence-electron chi connectivity index (χ3n) is 5.34. The van der Waals surface area contributed by atoms with Gasteiger partial charge in [-0.05, 0) is 48.5 Å². The maximum Gasteiger partial charge on any atom is 0.300 e. The fraction of sp³-hybridized carbons (Fsp3) is 0.0800. The van der Waals surface area contributed by atoms with Crippen LogP contribution in [0.15, 0.2) is 72.3 Å². The summed E-state index contributed by atoms with van der Waals surface area (Å²) in [6.45, 7) is 0. The van der Waals surface area contributed by atoms with Crippen LogP contribution < -0.4 is 9.64 Å². The van der Waals surface area contributed by atoms with Crippen molar-refractivity contribution in [2.24, 2.45) is 0 Å². The number of halogens is 2. The second-order valence-electron chi connectivity index (χ2n) is 7.19. The fourth-order valence-electron chi connectivity index (χ4n) is 3.80. The number of nitrogens with zero attached hydrogens (tertiary/aromatic N) is 2. The highest BCUT2D eigenvalue weighted by atomic mass is 35.5. The molecule has 1 amide bonds. The van der Waals surface area contributed by atoms with E-state index >= 15 is 0 Å². The van der Waals surface area contributed by atoms with Gasteiger partial charge < -0.3 is 9.84 Å². The number of ether oxygens (including phenoxy) is 1. The number of benzene rings is 3. The molecule has 1 aliphatic rings. The molecule has 0 bridgehead atoms. The van der Waals surface area contributed by atoms with Crippen molar-refractivity contribution in [3.8, 4) is 11.8 Å². The fourth-order valence-corrected chi connectivity index (χ4v) is 3.97. The highest BCUT2D eigenvalue weighted by molar-refractivity contribution is 6.51. The van der Waals surface area contributed by atoms with Crippen molar-refractivity contribution < 1.29 is 23.8 Å². The number of carbonyl (C=O) groups excluding carboxylic acids is 2. The van der Waals surface area contributed by atoms with E-state index in [0.29, 0.717) is 5.56 Å². The van der Waals surface area contributed by atoms with Crippen LogP contribution in [0.5, 0.6) is 5.75 Å². The Morgan fingerprint density at radius 2 is 1.82 bits per heavy atom. The molecule has 1 aliphatic heterocycles. The first-order valence-corrected chi connectivity index (χ1v) is 10.1. The van der Waals surface area contributed by atoms with Gasteiger partial charge in [0.2, 0.25) is 0 Å². The Morgan fingerprint density at radius 3 is 2.45 bits per heavy atom. The Morgan fingerprint density at radius 1 is 1.12 bits per heavy atom. The van der Waals surface area contributed by atoms with E-state index < -0.39 is 29.3 Å². The lowest BCUT2D eigenvalue weighted by atomic mass is 9.94. The van der Waals surface area contributed by atoms with Crippen LogP contribution in [0, 0.1) is 17.1 Å². The van der Waals surface area contributed by atoms with Crippen molar-refractivity contribution in [1.29, 1.82) is 5.26 Å². The van der Waals surface area contributed by atoms with E-state index in [1.54, 1.807) is 12.1 Å². The largest absolute Gasteiger partial charge is 0.507 e. The number of hydrogen-bond acceptors (Lipinski definition) is 5. The van der Waals surface area contributed by atoms with Crippen LogP contribution in [0.3, 0.4) is 0 Å². The summed E-state index contributed by atoms with van der Waals surface area (Å²) in [6.07, 6.45) is 0. The SMILES string of the molecule is COc1ccc(Cl)cc1/C(O)=C1\C(=O)C(=O)N(c2ccc(C#N)cc2)C1c1ccccc1F. The summed E-state index contributed by atoms with van der Waals surface area (Å²) in [5.74, 6) is -2.93. The molecular weight excluding hydrogens is 447 g/mol. The van der Waals surface area contributed by atoms with Crippen LogP contribution in [0.1, 0.15) is 22.7 Å². The molecule has 3 aromatic rings. The molecule has 0 aromatic heterocycles. The van der Waals surface area contributed by atoms with Gasteiger partial charge in [-0.3, -0.25) is 14.5 Å². The lowest BCUT2D eigenvalue weighted by Gasteiger charge is -2.26. The zero-order valence-electron chi connectivity index (χ0n) is 17.3. The summed E-state index contributed by atoms with van der Waals surface area (Å²) in [5.41, 5.74) is 0.408. The van der Waals surface area contributed by atoms with E-state index in [4.69, 9.17) is 21.6 Å². The zero-order chi connectivity index (χ0) is 23.7. The van der Waals surface area contributed by atoms with E-state index in [-0.39, 0.29) is 33.2 Å². The number of aliphatic hydroxyl groups is 1. The van der Waals surface area contributed by atoms with Crippen LogP contribution in [-0.2, 0) is 9.59 Å². The van der Waals surface area contributed by atoms with Crippen LogP contribution >= 0.6 is 11.6 Å². The summed E-state index contributed by atoms with van der Waals surface area (Å²) in [7, 11) is 1.38. The summed E-state index contributed by atoms with van der Waals surface area (Å²) in [6, 6.07) is 16.8. The number of ketones is 1. The number of nitriles is 1. The highest BCUT2D eigenvalue weighted by Gasteiger charge is 2.48. The van der Waals surface area contributed by atoms with Crippen LogP contribution in [0.2, 0.25) is 5.02 Å². The molecular formula is C25H16ClFN2O4. The molecule has 0 radical (unpaired) electrons. The molecule has 1 fully saturated rings. The number of amides is 1. The third-order valence-corrected chi connectivity index (χ3v) is 5.57. The zero-order valence-corrected chi connectivity index (χ0v) is 18.0. The van der Waals surface area contributed by atoms with Gasteiger partial charge in [0.25, 0.3) is 11.7 Å². The van der Waals surface area contributed by atoms with Gasteiger partial charge in [0.1, 0.15) is 17.3 Å². The normalized spacial score (nSPS) is 17.2. The van der Waals surface area contributed by atoms with Gasteiger partial charge in [0.15, 0.2) is 0 Å². The molecule has 33 heavy (non-hydrogen) atoms. The maximum absolute atomic E-state index is 14.9. The number of Topliss-reactive ketones (excluding diaryl/α,β-unsaturated/α-hetero) is 1. The minimum absolute atomic E-state index is 0.0172. The van der Waals surface area contributed by atoms with E-state index in [1.807, 2.05) is 6.07 Å². The van der Waals surface area contributed by atoms with Crippen molar-refractivity contribution in [3.05, 3.63) is 99.8 Å². The predicted molar refractivity (Wildman–Crippen MR) is 120 cm³/mol. The van der Waals surface area contributed by atoms with Crippen molar-refractivity contribution in [2.45, 2.75) is 6.04 Å². The van der Waals surface area contributed by atoms with Crippen molar-refractivity contribution in [2.75, 3.05) is 12.0 Å². The average Bonchev–Trinajstić information content (AvgIpc) is 3.09. The molecule has 1 heterocycles. The van der Waals surface area contributed by atoms with Gasteiger partial charge in [-0.15, -0.1) is 0 Å². The van der Waals surface area contributed by atoms with Crippen LogP contribution in [-0.4, -0.2) is 23.9 Å². The topological polar surface area (TPSA) is 90.6 Å². The van der Waals surface area contributed by atoms with Gasteiger partial charge in [0.05, 0.1) is 35.9 Å². The second-order valence-corrected chi connectivity index (χ2v) is 7.63. The molecule has 4 rings (SSSR count). The second kappa shape index (κ2) is 8.77. The summed E-state index contributed by atoms with van der Waals surface area (Å²) >= 11 is 6.08. The third kappa shape index (κ3) is 3.81. The molecule has 6 nitrogen and oxygen atoms in total. The number of rotatable bonds is 4. The minimum atomic E-state index is -1.26. The highest BCUT2D eigenvalue weighted by Crippen LogP contribution is 2.44. The molecule has 8 heteroatoms. The van der Waals surface area contributed by atoms with Gasteiger partial charge in [-0.1, -0.05) is 29.8 Å². The molecule has 164 valence electrons. The summed E-state index contributed by atoms with van der Waals surface area (Å²) < 4.78 is 20.2. The van der Waals surface area contributed by atoms with E-state index in [1.165, 1.54) is 61.7 Å². The Balaban J connectivity index is 2.00. The molecule has 1 N–H and O–H groups in total. The Kier molecular flexibility index (Phi) is 5.86. The Labute approximate surface area is 193 Å². The first kappa shape index (κ1) is 22.1. The van der Waals surface area contributed by atoms with Crippen molar-refractivity contribution >= 4 is 34.7 Å².